The molecule has 0 saturated carbocycles. The quantitative estimate of drug-likeness (QED) is 0.850. The van der Waals surface area contributed by atoms with Crippen LogP contribution >= 0.6 is 23.2 Å². The lowest BCUT2D eigenvalue weighted by Crippen LogP contribution is -2.52. The van der Waals surface area contributed by atoms with Crippen molar-refractivity contribution in [2.24, 2.45) is 0 Å². The smallest absolute Gasteiger partial charge is 0.252 e. The third-order valence-electron chi connectivity index (χ3n) is 3.12. The maximum Gasteiger partial charge on any atom is 0.252 e. The second-order valence-corrected chi connectivity index (χ2v) is 5.24. The molecule has 1 N–H and O–H groups in total. The van der Waals surface area contributed by atoms with Gasteiger partial charge in [0.05, 0.1) is 23.1 Å². The Morgan fingerprint density at radius 2 is 2.05 bits per heavy atom. The lowest BCUT2D eigenvalue weighted by Gasteiger charge is -2.27. The van der Waals surface area contributed by atoms with Crippen LogP contribution in [-0.2, 0) is 4.79 Å². The highest BCUT2D eigenvalue weighted by molar-refractivity contribution is 6.31. The fourth-order valence-electron chi connectivity index (χ4n) is 1.61. The second kappa shape index (κ2) is 6.74. The third kappa shape index (κ3) is 3.72. The predicted octanol–water partition coefficient (Wildman–Crippen LogP) is 2.92. The molecule has 1 amide bonds. The fraction of sp³-hybridized carbons (Fsp3) is 0.357. The van der Waals surface area contributed by atoms with E-state index in [-0.39, 0.29) is 27.8 Å². The van der Waals surface area contributed by atoms with Gasteiger partial charge in [-0.25, -0.2) is 0 Å². The van der Waals surface area contributed by atoms with Crippen LogP contribution in [0.4, 0.5) is 0 Å². The number of benzene rings is 1. The third-order valence-corrected chi connectivity index (χ3v) is 3.58. The number of nitriles is 1. The molecule has 4 nitrogen and oxygen atoms in total. The highest BCUT2D eigenvalue weighted by Crippen LogP contribution is 2.17. The number of Topliss-reactive ketones (excluding diaryl/α,β-unsaturated/α-hetero) is 1. The Kier molecular flexibility index (Phi) is 5.55. The number of alkyl halides is 1. The van der Waals surface area contributed by atoms with Gasteiger partial charge in [0.1, 0.15) is 0 Å². The number of amides is 1. The number of halogens is 2. The Bertz CT molecular complexity index is 581. The molecule has 20 heavy (non-hydrogen) atoms. The first-order valence-corrected chi connectivity index (χ1v) is 6.90. The summed E-state index contributed by atoms with van der Waals surface area (Å²) in [6.07, 6.45) is 0.413. The normalized spacial score (nSPS) is 13.2. The molecule has 0 aromatic heterocycles. The molecule has 1 rings (SSSR count). The summed E-state index contributed by atoms with van der Waals surface area (Å²) in [7, 11) is 0. The molecule has 0 aliphatic heterocycles. The van der Waals surface area contributed by atoms with Crippen molar-refractivity contribution in [3.8, 4) is 6.07 Å². The Labute approximate surface area is 127 Å². The minimum absolute atomic E-state index is 0.177. The Morgan fingerprint density at radius 3 is 2.55 bits per heavy atom. The van der Waals surface area contributed by atoms with Gasteiger partial charge < -0.3 is 5.32 Å². The molecular formula is C14H14Cl2N2O2. The number of nitrogens with one attached hydrogen (secondary N) is 1. The van der Waals surface area contributed by atoms with Crippen LogP contribution in [0, 0.1) is 11.3 Å². The largest absolute Gasteiger partial charge is 0.340 e. The summed E-state index contributed by atoms with van der Waals surface area (Å²) in [5, 5.41) is 11.8. The standard InChI is InChI=1S/C14H14Cl2N2O2/c1-3-14(2,12(19)7-15)18-13(20)10-4-9(8-17)5-11(16)6-10/h4-6H,3,7H2,1-2H3,(H,18,20). The van der Waals surface area contributed by atoms with Crippen LogP contribution in [0.5, 0.6) is 0 Å². The minimum Gasteiger partial charge on any atom is -0.340 e. The summed E-state index contributed by atoms with van der Waals surface area (Å²) in [6, 6.07) is 6.24. The van der Waals surface area contributed by atoms with E-state index in [1.54, 1.807) is 13.8 Å². The second-order valence-electron chi connectivity index (χ2n) is 4.54. The van der Waals surface area contributed by atoms with Crippen LogP contribution in [0.3, 0.4) is 0 Å². The maximum atomic E-state index is 12.2. The molecule has 0 radical (unpaired) electrons. The summed E-state index contributed by atoms with van der Waals surface area (Å²) in [5.74, 6) is -0.909. The first-order chi connectivity index (χ1) is 9.36. The SMILES string of the molecule is CCC(C)(NC(=O)c1cc(Cl)cc(C#N)c1)C(=O)CCl. The van der Waals surface area contributed by atoms with E-state index in [0.717, 1.165) is 0 Å². The predicted molar refractivity (Wildman–Crippen MR) is 78.1 cm³/mol. The van der Waals surface area contributed by atoms with Crippen molar-refractivity contribution in [1.29, 1.82) is 5.26 Å². The summed E-state index contributed by atoms with van der Waals surface area (Å²) in [6.45, 7) is 3.40. The minimum atomic E-state index is -1.03. The molecule has 1 atom stereocenters. The average molecular weight is 313 g/mol. The number of carbonyl (C=O) groups is 2. The van der Waals surface area contributed by atoms with Gasteiger partial charge in [0, 0.05) is 10.6 Å². The van der Waals surface area contributed by atoms with Crippen LogP contribution in [0.2, 0.25) is 5.02 Å². The molecule has 1 aromatic rings. The number of rotatable bonds is 5. The number of ketones is 1. The number of nitrogens with zero attached hydrogens (tertiary/aromatic N) is 1. The van der Waals surface area contributed by atoms with Gasteiger partial charge in [-0.05, 0) is 31.5 Å². The van der Waals surface area contributed by atoms with E-state index in [1.165, 1.54) is 18.2 Å². The topological polar surface area (TPSA) is 70.0 Å². The van der Waals surface area contributed by atoms with Gasteiger partial charge in [-0.3, -0.25) is 9.59 Å². The zero-order valence-electron chi connectivity index (χ0n) is 11.2. The van der Waals surface area contributed by atoms with E-state index in [9.17, 15) is 9.59 Å². The Hall–Kier alpha value is -1.57. The van der Waals surface area contributed by atoms with Crippen molar-refractivity contribution in [2.45, 2.75) is 25.8 Å². The number of carbonyl (C=O) groups excluding carboxylic acids is 2. The van der Waals surface area contributed by atoms with Crippen LogP contribution < -0.4 is 5.32 Å². The molecule has 6 heteroatoms. The summed E-state index contributed by atoms with van der Waals surface area (Å²) < 4.78 is 0. The summed E-state index contributed by atoms with van der Waals surface area (Å²) in [4.78, 5) is 24.0. The number of hydrogen-bond acceptors (Lipinski definition) is 3. The zero-order valence-corrected chi connectivity index (χ0v) is 12.7. The highest BCUT2D eigenvalue weighted by atomic mass is 35.5. The van der Waals surface area contributed by atoms with Gasteiger partial charge in [-0.15, -0.1) is 11.6 Å². The molecule has 0 heterocycles. The van der Waals surface area contributed by atoms with Crippen molar-refractivity contribution < 1.29 is 9.59 Å². The van der Waals surface area contributed by atoms with E-state index in [2.05, 4.69) is 5.32 Å². The Balaban J connectivity index is 3.05. The molecule has 1 unspecified atom stereocenters. The summed E-state index contributed by atoms with van der Waals surface area (Å²) in [5.41, 5.74) is -0.519. The molecule has 1 aromatic carbocycles. The Morgan fingerprint density at radius 1 is 1.40 bits per heavy atom. The summed E-state index contributed by atoms with van der Waals surface area (Å²) >= 11 is 11.4. The van der Waals surface area contributed by atoms with E-state index in [4.69, 9.17) is 28.5 Å². The lowest BCUT2D eigenvalue weighted by molar-refractivity contribution is -0.122. The lowest BCUT2D eigenvalue weighted by atomic mass is 9.93. The van der Waals surface area contributed by atoms with E-state index in [0.29, 0.717) is 6.42 Å². The van der Waals surface area contributed by atoms with E-state index in [1.807, 2.05) is 6.07 Å². The van der Waals surface area contributed by atoms with Crippen LogP contribution in [-0.4, -0.2) is 23.1 Å². The molecule has 0 fully saturated rings. The highest BCUT2D eigenvalue weighted by Gasteiger charge is 2.32. The van der Waals surface area contributed by atoms with Crippen molar-refractivity contribution in [3.05, 3.63) is 34.3 Å². The van der Waals surface area contributed by atoms with Gasteiger partial charge in [0.25, 0.3) is 5.91 Å². The molecule has 0 bridgehead atoms. The molecular weight excluding hydrogens is 299 g/mol. The van der Waals surface area contributed by atoms with Crippen LogP contribution in [0.25, 0.3) is 0 Å². The first kappa shape index (κ1) is 16.5. The van der Waals surface area contributed by atoms with Crippen molar-refractivity contribution in [1.82, 2.24) is 5.32 Å². The molecule has 0 aliphatic rings. The van der Waals surface area contributed by atoms with Gasteiger partial charge in [0.15, 0.2) is 5.78 Å². The first-order valence-electron chi connectivity index (χ1n) is 5.98. The molecule has 106 valence electrons. The van der Waals surface area contributed by atoms with Gasteiger partial charge in [-0.2, -0.15) is 5.26 Å². The molecule has 0 saturated heterocycles. The van der Waals surface area contributed by atoms with Crippen LogP contribution in [0.15, 0.2) is 18.2 Å². The van der Waals surface area contributed by atoms with Crippen molar-refractivity contribution in [2.75, 3.05) is 5.88 Å². The van der Waals surface area contributed by atoms with Crippen molar-refractivity contribution >= 4 is 34.9 Å². The zero-order chi connectivity index (χ0) is 15.3. The van der Waals surface area contributed by atoms with Crippen LogP contribution in [0.1, 0.15) is 36.2 Å². The van der Waals surface area contributed by atoms with Gasteiger partial charge in [-0.1, -0.05) is 18.5 Å². The van der Waals surface area contributed by atoms with Gasteiger partial charge in [0.2, 0.25) is 0 Å². The van der Waals surface area contributed by atoms with E-state index < -0.39 is 11.4 Å². The molecule has 0 aliphatic carbocycles. The molecule has 0 spiro atoms. The maximum absolute atomic E-state index is 12.2. The van der Waals surface area contributed by atoms with Gasteiger partial charge >= 0.3 is 0 Å². The van der Waals surface area contributed by atoms with Crippen molar-refractivity contribution in [3.63, 3.8) is 0 Å². The van der Waals surface area contributed by atoms with E-state index >= 15 is 0 Å². The monoisotopic (exact) mass is 312 g/mol. The number of hydrogen-bond donors (Lipinski definition) is 1. The fourth-order valence-corrected chi connectivity index (χ4v) is 2.14. The average Bonchev–Trinajstić information content (AvgIpc) is 2.45.